The number of hydrogen-bond donors (Lipinski definition) is 1. The maximum atomic E-state index is 8.77. The second kappa shape index (κ2) is 5.06. The van der Waals surface area contributed by atoms with Crippen LogP contribution < -0.4 is 0 Å². The summed E-state index contributed by atoms with van der Waals surface area (Å²) in [5, 5.41) is 8.77. The van der Waals surface area contributed by atoms with Gasteiger partial charge in [0.05, 0.1) is 6.10 Å². The van der Waals surface area contributed by atoms with Crippen LogP contribution in [0.4, 0.5) is 0 Å². The number of alkyl halides is 1. The molecular weight excluding hydrogens is 126 g/mol. The third kappa shape index (κ3) is 4.09. The molecule has 0 heterocycles. The predicted molar refractivity (Wildman–Crippen MR) is 35.8 cm³/mol. The quantitative estimate of drug-likeness (QED) is 0.448. The van der Waals surface area contributed by atoms with Crippen LogP contribution in [0.3, 0.4) is 0 Å². The number of nitrogens with zero attached hydrogens (tertiary/aromatic N) is 1. The molecule has 2 nitrogen and oxygen atoms in total. The van der Waals surface area contributed by atoms with Crippen LogP contribution in [0.1, 0.15) is 6.42 Å². The maximum Gasteiger partial charge on any atom is 0.0724 e. The Labute approximate surface area is 54.2 Å². The van der Waals surface area contributed by atoms with E-state index in [0.29, 0.717) is 6.42 Å². The average molecular weight is 136 g/mol. The summed E-state index contributed by atoms with van der Waals surface area (Å²) in [5.74, 6) is 0.284. The minimum atomic E-state index is -0.430. The highest BCUT2D eigenvalue weighted by Crippen LogP contribution is 1.90. The number of rotatable bonds is 3. The summed E-state index contributed by atoms with van der Waals surface area (Å²) in [6.07, 6.45) is 1.77. The normalized spacial score (nSPS) is 14.9. The fourth-order valence-corrected chi connectivity index (χ4v) is 0.416. The molecule has 0 aliphatic rings. The van der Waals surface area contributed by atoms with E-state index in [2.05, 4.69) is 4.99 Å². The molecule has 0 amide bonds. The number of halogens is 1. The lowest BCUT2D eigenvalue weighted by atomic mass is 10.3. The van der Waals surface area contributed by atoms with Crippen LogP contribution in [0.25, 0.3) is 0 Å². The molecule has 48 valence electrons. The first-order chi connectivity index (χ1) is 3.81. The van der Waals surface area contributed by atoms with E-state index in [9.17, 15) is 0 Å². The van der Waals surface area contributed by atoms with E-state index >= 15 is 0 Å². The van der Waals surface area contributed by atoms with Crippen molar-refractivity contribution in [2.75, 3.05) is 12.9 Å². The highest BCUT2D eigenvalue weighted by atomic mass is 35.5. The van der Waals surface area contributed by atoms with E-state index in [1.165, 1.54) is 0 Å². The molecule has 0 rings (SSSR count). The monoisotopic (exact) mass is 135 g/mol. The van der Waals surface area contributed by atoms with Gasteiger partial charge in [-0.2, -0.15) is 0 Å². The molecule has 0 saturated heterocycles. The first-order valence-electron chi connectivity index (χ1n) is 2.46. The summed E-state index contributed by atoms with van der Waals surface area (Å²) >= 11 is 5.28. The topological polar surface area (TPSA) is 32.6 Å². The summed E-state index contributed by atoms with van der Waals surface area (Å²) < 4.78 is 0. The fraction of sp³-hybridized carbons (Fsp3) is 0.800. The molecule has 0 aromatic carbocycles. The fourth-order valence-electron chi connectivity index (χ4n) is 0.290. The SMILES string of the molecule is CN=CC[C@@H](O)CCl. The van der Waals surface area contributed by atoms with E-state index in [-0.39, 0.29) is 5.88 Å². The van der Waals surface area contributed by atoms with E-state index < -0.39 is 6.10 Å². The van der Waals surface area contributed by atoms with Crippen molar-refractivity contribution in [2.24, 2.45) is 4.99 Å². The lowest BCUT2D eigenvalue weighted by molar-refractivity contribution is 0.207. The van der Waals surface area contributed by atoms with Crippen LogP contribution in [0, 0.1) is 0 Å². The summed E-state index contributed by atoms with van der Waals surface area (Å²) in [6.45, 7) is 0. The summed E-state index contributed by atoms with van der Waals surface area (Å²) in [7, 11) is 1.67. The highest BCUT2D eigenvalue weighted by Gasteiger charge is 1.95. The van der Waals surface area contributed by atoms with E-state index in [0.717, 1.165) is 0 Å². The summed E-state index contributed by atoms with van der Waals surface area (Å²) in [4.78, 5) is 3.68. The standard InChI is InChI=1S/C5H10ClNO/c1-7-3-2-5(8)4-6/h3,5,8H,2,4H2,1H3/t5-/m1/s1. The number of hydrogen-bond acceptors (Lipinski definition) is 2. The predicted octanol–water partition coefficient (Wildman–Crippen LogP) is 0.677. The first kappa shape index (κ1) is 7.92. The smallest absolute Gasteiger partial charge is 0.0724 e. The van der Waals surface area contributed by atoms with Gasteiger partial charge in [-0.3, -0.25) is 0 Å². The third-order valence-electron chi connectivity index (χ3n) is 0.738. The van der Waals surface area contributed by atoms with Gasteiger partial charge in [-0.05, 0) is 0 Å². The van der Waals surface area contributed by atoms with Crippen LogP contribution >= 0.6 is 11.6 Å². The molecule has 0 aliphatic heterocycles. The van der Waals surface area contributed by atoms with Gasteiger partial charge < -0.3 is 10.1 Å². The number of aliphatic hydroxyl groups is 1. The Morgan fingerprint density at radius 2 is 2.50 bits per heavy atom. The first-order valence-corrected chi connectivity index (χ1v) is 2.99. The van der Waals surface area contributed by atoms with Gasteiger partial charge >= 0.3 is 0 Å². The summed E-state index contributed by atoms with van der Waals surface area (Å²) in [5.41, 5.74) is 0. The van der Waals surface area contributed by atoms with Crippen molar-refractivity contribution < 1.29 is 5.11 Å². The van der Waals surface area contributed by atoms with E-state index in [4.69, 9.17) is 16.7 Å². The molecule has 3 heteroatoms. The van der Waals surface area contributed by atoms with Crippen molar-refractivity contribution in [2.45, 2.75) is 12.5 Å². The lowest BCUT2D eigenvalue weighted by Gasteiger charge is -1.98. The zero-order valence-electron chi connectivity index (χ0n) is 4.84. The molecule has 0 aromatic rings. The Balaban J connectivity index is 3.10. The van der Waals surface area contributed by atoms with Crippen molar-refractivity contribution in [1.29, 1.82) is 0 Å². The van der Waals surface area contributed by atoms with Crippen LogP contribution in [-0.4, -0.2) is 30.4 Å². The molecule has 0 aliphatic carbocycles. The van der Waals surface area contributed by atoms with Crippen molar-refractivity contribution in [3.05, 3.63) is 0 Å². The Morgan fingerprint density at radius 1 is 1.88 bits per heavy atom. The molecule has 0 bridgehead atoms. The third-order valence-corrected chi connectivity index (χ3v) is 1.09. The minimum Gasteiger partial charge on any atom is -0.392 e. The number of aliphatic hydroxyl groups excluding tert-OH is 1. The van der Waals surface area contributed by atoms with Gasteiger partial charge in [-0.15, -0.1) is 11.6 Å². The van der Waals surface area contributed by atoms with Gasteiger partial charge in [0.15, 0.2) is 0 Å². The van der Waals surface area contributed by atoms with Gasteiger partial charge in [0, 0.05) is 25.6 Å². The zero-order chi connectivity index (χ0) is 6.41. The van der Waals surface area contributed by atoms with Crippen LogP contribution in [0.15, 0.2) is 4.99 Å². The largest absolute Gasteiger partial charge is 0.392 e. The second-order valence-corrected chi connectivity index (χ2v) is 1.79. The summed E-state index contributed by atoms with van der Waals surface area (Å²) in [6, 6.07) is 0. The Hall–Kier alpha value is -0.0800. The molecule has 0 unspecified atom stereocenters. The van der Waals surface area contributed by atoms with Crippen molar-refractivity contribution in [1.82, 2.24) is 0 Å². The molecule has 0 fully saturated rings. The van der Waals surface area contributed by atoms with Crippen LogP contribution in [0.5, 0.6) is 0 Å². The van der Waals surface area contributed by atoms with Gasteiger partial charge in [0.1, 0.15) is 0 Å². The minimum absolute atomic E-state index is 0.284. The molecule has 0 spiro atoms. The molecule has 0 aromatic heterocycles. The Kier molecular flexibility index (Phi) is 5.01. The molecule has 8 heavy (non-hydrogen) atoms. The zero-order valence-corrected chi connectivity index (χ0v) is 5.60. The molecule has 1 N–H and O–H groups in total. The van der Waals surface area contributed by atoms with Gasteiger partial charge in [0.25, 0.3) is 0 Å². The lowest BCUT2D eigenvalue weighted by Crippen LogP contribution is -2.07. The van der Waals surface area contributed by atoms with Crippen LogP contribution in [0.2, 0.25) is 0 Å². The molecule has 0 saturated carbocycles. The Morgan fingerprint density at radius 3 is 2.88 bits per heavy atom. The molecule has 0 radical (unpaired) electrons. The average Bonchev–Trinajstić information content (AvgIpc) is 1.83. The number of aliphatic imine (C=N–C) groups is 1. The second-order valence-electron chi connectivity index (χ2n) is 1.48. The van der Waals surface area contributed by atoms with Gasteiger partial charge in [-0.1, -0.05) is 0 Å². The highest BCUT2D eigenvalue weighted by molar-refractivity contribution is 6.18. The molecular formula is C5H10ClNO. The van der Waals surface area contributed by atoms with E-state index in [1.807, 2.05) is 0 Å². The van der Waals surface area contributed by atoms with Crippen molar-refractivity contribution >= 4 is 17.8 Å². The van der Waals surface area contributed by atoms with Crippen LogP contribution in [-0.2, 0) is 0 Å². The maximum absolute atomic E-state index is 8.77. The van der Waals surface area contributed by atoms with Gasteiger partial charge in [-0.25, -0.2) is 0 Å². The van der Waals surface area contributed by atoms with Gasteiger partial charge in [0.2, 0.25) is 0 Å². The molecule has 1 atom stereocenters. The Bertz CT molecular complexity index is 74.8. The van der Waals surface area contributed by atoms with Crippen molar-refractivity contribution in [3.63, 3.8) is 0 Å². The van der Waals surface area contributed by atoms with E-state index in [1.54, 1.807) is 13.3 Å². The van der Waals surface area contributed by atoms with Crippen molar-refractivity contribution in [3.8, 4) is 0 Å².